The monoisotopic (exact) mass is 450 g/mol. The van der Waals surface area contributed by atoms with Crippen molar-refractivity contribution in [3.05, 3.63) is 57.4 Å². The summed E-state index contributed by atoms with van der Waals surface area (Å²) in [6.07, 6.45) is 5.36. The Morgan fingerprint density at radius 2 is 2.09 bits per heavy atom. The van der Waals surface area contributed by atoms with E-state index in [9.17, 15) is 9.18 Å². The summed E-state index contributed by atoms with van der Waals surface area (Å²) in [4.78, 5) is 18.9. The Kier molecular flexibility index (Phi) is 5.30. The second-order valence-electron chi connectivity index (χ2n) is 9.31. The Bertz CT molecular complexity index is 1250. The van der Waals surface area contributed by atoms with Crippen molar-refractivity contribution in [2.75, 3.05) is 26.2 Å². The van der Waals surface area contributed by atoms with Crippen LogP contribution in [0.25, 0.3) is 11.0 Å². The van der Waals surface area contributed by atoms with Gasteiger partial charge >= 0.3 is 0 Å². The highest BCUT2D eigenvalue weighted by atomic mass is 19.1. The topological polar surface area (TPSA) is 85.2 Å². The lowest BCUT2D eigenvalue weighted by Crippen LogP contribution is -2.43. The minimum atomic E-state index is -0.308. The molecule has 0 amide bonds. The maximum Gasteiger partial charge on any atom is 0.251 e. The summed E-state index contributed by atoms with van der Waals surface area (Å²) < 4.78 is 21.9. The van der Waals surface area contributed by atoms with Crippen LogP contribution in [0.1, 0.15) is 42.0 Å². The third-order valence-corrected chi connectivity index (χ3v) is 7.16. The molecule has 8 nitrogen and oxygen atoms in total. The molecule has 1 atom stereocenters. The maximum atomic E-state index is 14.7. The molecule has 0 saturated carbocycles. The Labute approximate surface area is 190 Å². The Hall–Kier alpha value is -2.91. The molecule has 0 bridgehead atoms. The number of ether oxygens (including phenoxy) is 1. The van der Waals surface area contributed by atoms with E-state index in [2.05, 4.69) is 31.5 Å². The number of aromatic nitrogens is 4. The molecule has 3 aromatic heterocycles. The van der Waals surface area contributed by atoms with Crippen LogP contribution in [0.4, 0.5) is 4.39 Å². The molecule has 3 aliphatic heterocycles. The van der Waals surface area contributed by atoms with Gasteiger partial charge in [0.05, 0.1) is 29.5 Å². The van der Waals surface area contributed by atoms with Crippen molar-refractivity contribution in [1.82, 2.24) is 30.0 Å². The zero-order chi connectivity index (χ0) is 22.4. The zero-order valence-corrected chi connectivity index (χ0v) is 18.5. The van der Waals surface area contributed by atoms with Gasteiger partial charge in [0.2, 0.25) is 5.88 Å². The van der Waals surface area contributed by atoms with Crippen LogP contribution < -0.4 is 15.6 Å². The highest BCUT2D eigenvalue weighted by molar-refractivity contribution is 5.80. The lowest BCUT2D eigenvalue weighted by atomic mass is 9.98. The summed E-state index contributed by atoms with van der Waals surface area (Å²) in [6.45, 7) is 4.58. The van der Waals surface area contributed by atoms with Gasteiger partial charge in [0.25, 0.3) is 5.56 Å². The Morgan fingerprint density at radius 1 is 1.21 bits per heavy atom. The van der Waals surface area contributed by atoms with Gasteiger partial charge in [-0.3, -0.25) is 9.78 Å². The van der Waals surface area contributed by atoms with Crippen LogP contribution in [0.5, 0.6) is 5.88 Å². The van der Waals surface area contributed by atoms with Gasteiger partial charge < -0.3 is 19.5 Å². The van der Waals surface area contributed by atoms with Crippen molar-refractivity contribution in [2.45, 2.75) is 50.7 Å². The number of nitrogens with zero attached hydrogens (tertiary/aromatic N) is 5. The van der Waals surface area contributed by atoms with Crippen LogP contribution in [-0.4, -0.2) is 56.9 Å². The van der Waals surface area contributed by atoms with Crippen LogP contribution in [0.2, 0.25) is 0 Å². The minimum Gasteiger partial charge on any atom is -0.476 e. The van der Waals surface area contributed by atoms with Crippen molar-refractivity contribution in [3.8, 4) is 5.88 Å². The van der Waals surface area contributed by atoms with E-state index < -0.39 is 0 Å². The maximum absolute atomic E-state index is 14.7. The average Bonchev–Trinajstić information content (AvgIpc) is 3.23. The number of halogens is 1. The number of hydrogen-bond donors (Lipinski definition) is 1. The van der Waals surface area contributed by atoms with E-state index >= 15 is 0 Å². The molecule has 1 N–H and O–H groups in total. The van der Waals surface area contributed by atoms with Gasteiger partial charge in [0.1, 0.15) is 5.82 Å². The number of nitrogens with one attached hydrogen (secondary N) is 1. The smallest absolute Gasteiger partial charge is 0.251 e. The van der Waals surface area contributed by atoms with Gasteiger partial charge in [-0.25, -0.2) is 4.39 Å². The fourth-order valence-corrected chi connectivity index (χ4v) is 5.46. The van der Waals surface area contributed by atoms with Crippen molar-refractivity contribution >= 4 is 11.0 Å². The van der Waals surface area contributed by atoms with E-state index in [-0.39, 0.29) is 17.3 Å². The average molecular weight is 451 g/mol. The van der Waals surface area contributed by atoms with Gasteiger partial charge in [0.15, 0.2) is 0 Å². The molecule has 1 saturated heterocycles. The minimum absolute atomic E-state index is 0.0249. The standard InChI is InChI=1S/C24H27FN6O2/c25-19-12-27-20-3-4-21(32)31-14-16(22(19)23(20)31)13-30-7-5-17(6-8-30)26-11-18-10-15-2-1-9-33-24(15)29-28-18/h3-4,10,12,16-17,26H,1-2,5-9,11,13-14H2. The van der Waals surface area contributed by atoms with E-state index in [0.717, 1.165) is 63.2 Å². The molecule has 3 aromatic rings. The van der Waals surface area contributed by atoms with Gasteiger partial charge in [-0.15, -0.1) is 5.10 Å². The fraction of sp³-hybridized carbons (Fsp3) is 0.500. The van der Waals surface area contributed by atoms with E-state index in [4.69, 9.17) is 4.74 Å². The van der Waals surface area contributed by atoms with Crippen molar-refractivity contribution in [1.29, 1.82) is 0 Å². The SMILES string of the molecule is O=c1ccc2ncc(F)c3c2n1CC3CN1CCC(NCc2cc3c(nn2)OCCC3)CC1. The van der Waals surface area contributed by atoms with Gasteiger partial charge in [-0.05, 0) is 50.9 Å². The molecular weight excluding hydrogens is 423 g/mol. The molecule has 33 heavy (non-hydrogen) atoms. The van der Waals surface area contributed by atoms with Crippen molar-refractivity contribution in [2.24, 2.45) is 0 Å². The summed E-state index contributed by atoms with van der Waals surface area (Å²) in [7, 11) is 0. The van der Waals surface area contributed by atoms with Crippen LogP contribution >= 0.6 is 0 Å². The van der Waals surface area contributed by atoms with Crippen molar-refractivity contribution in [3.63, 3.8) is 0 Å². The number of pyridine rings is 2. The second kappa shape index (κ2) is 8.46. The Balaban J connectivity index is 1.06. The van der Waals surface area contributed by atoms with Crippen LogP contribution in [0, 0.1) is 5.82 Å². The third kappa shape index (κ3) is 3.89. The molecular formula is C24H27FN6O2. The molecule has 9 heteroatoms. The number of piperidine rings is 1. The number of aryl methyl sites for hydroxylation is 1. The first-order chi connectivity index (χ1) is 16.2. The number of likely N-dealkylation sites (tertiary alicyclic amines) is 1. The highest BCUT2D eigenvalue weighted by Gasteiger charge is 2.31. The zero-order valence-electron chi connectivity index (χ0n) is 18.5. The van der Waals surface area contributed by atoms with Crippen LogP contribution in [0.15, 0.2) is 29.2 Å². The summed E-state index contributed by atoms with van der Waals surface area (Å²) >= 11 is 0. The molecule has 3 aliphatic rings. The molecule has 0 spiro atoms. The highest BCUT2D eigenvalue weighted by Crippen LogP contribution is 2.34. The van der Waals surface area contributed by atoms with E-state index in [0.29, 0.717) is 41.6 Å². The largest absolute Gasteiger partial charge is 0.476 e. The first-order valence-electron chi connectivity index (χ1n) is 11.8. The van der Waals surface area contributed by atoms with E-state index in [1.807, 2.05) is 0 Å². The number of fused-ring (bicyclic) bond motifs is 1. The molecule has 0 aliphatic carbocycles. The molecule has 172 valence electrons. The molecule has 1 fully saturated rings. The van der Waals surface area contributed by atoms with E-state index in [1.165, 1.54) is 12.3 Å². The predicted octanol–water partition coefficient (Wildman–Crippen LogP) is 2.00. The lowest BCUT2D eigenvalue weighted by Gasteiger charge is -2.34. The lowest BCUT2D eigenvalue weighted by molar-refractivity contribution is 0.184. The first kappa shape index (κ1) is 20.7. The number of hydrogen-bond acceptors (Lipinski definition) is 7. The first-order valence-corrected chi connectivity index (χ1v) is 11.8. The summed E-state index contributed by atoms with van der Waals surface area (Å²) in [5.41, 5.74) is 4.02. The summed E-state index contributed by atoms with van der Waals surface area (Å²) in [5, 5.41) is 12.1. The van der Waals surface area contributed by atoms with Gasteiger partial charge in [0, 0.05) is 48.8 Å². The van der Waals surface area contributed by atoms with E-state index in [1.54, 1.807) is 10.6 Å². The molecule has 6 heterocycles. The second-order valence-corrected chi connectivity index (χ2v) is 9.31. The Morgan fingerprint density at radius 3 is 2.97 bits per heavy atom. The summed E-state index contributed by atoms with van der Waals surface area (Å²) in [5.74, 6) is 0.345. The number of rotatable bonds is 5. The molecule has 1 unspecified atom stereocenters. The normalized spacial score (nSPS) is 20.7. The predicted molar refractivity (Wildman–Crippen MR) is 121 cm³/mol. The molecule has 0 radical (unpaired) electrons. The third-order valence-electron chi connectivity index (χ3n) is 7.16. The van der Waals surface area contributed by atoms with Crippen LogP contribution in [-0.2, 0) is 19.5 Å². The summed E-state index contributed by atoms with van der Waals surface area (Å²) in [6, 6.07) is 5.74. The molecule has 0 aromatic carbocycles. The quantitative estimate of drug-likeness (QED) is 0.636. The fourth-order valence-electron chi connectivity index (χ4n) is 5.46. The molecule has 6 rings (SSSR count). The van der Waals surface area contributed by atoms with Crippen LogP contribution in [0.3, 0.4) is 0 Å². The van der Waals surface area contributed by atoms with Gasteiger partial charge in [-0.2, -0.15) is 5.10 Å². The van der Waals surface area contributed by atoms with Gasteiger partial charge in [-0.1, -0.05) is 0 Å². The van der Waals surface area contributed by atoms with Crippen molar-refractivity contribution < 1.29 is 9.13 Å².